The quantitative estimate of drug-likeness (QED) is 0.121. The fourth-order valence-corrected chi connectivity index (χ4v) is 7.88. The molecule has 0 radical (unpaired) electrons. The van der Waals surface area contributed by atoms with Crippen LogP contribution >= 0.6 is 19.4 Å². The zero-order valence-electron chi connectivity index (χ0n) is 28.0. The normalized spacial score (nSPS) is 15.5. The number of phosphoric ester groups is 1. The first-order valence-electron chi connectivity index (χ1n) is 17.2. The molecule has 5 rings (SSSR count). The number of likely N-dealkylation sites (tertiary alicyclic amines) is 1. The van der Waals surface area contributed by atoms with Crippen molar-refractivity contribution >= 4 is 36.9 Å². The molecule has 1 aliphatic heterocycles. The molecular weight excluding hydrogens is 649 g/mol. The van der Waals surface area contributed by atoms with Gasteiger partial charge in [-0.3, -0.25) is 18.6 Å². The van der Waals surface area contributed by atoms with E-state index >= 15 is 0 Å². The van der Waals surface area contributed by atoms with Crippen molar-refractivity contribution in [3.05, 3.63) is 93.5 Å². The number of hydrogen-bond donors (Lipinski definition) is 2. The summed E-state index contributed by atoms with van der Waals surface area (Å²) in [4.78, 5) is 27.6. The van der Waals surface area contributed by atoms with Gasteiger partial charge >= 0.3 is 7.82 Å². The summed E-state index contributed by atoms with van der Waals surface area (Å²) in [6.45, 7) is 7.63. The molecule has 1 fully saturated rings. The van der Waals surface area contributed by atoms with Crippen LogP contribution in [0.3, 0.4) is 0 Å². The molecule has 11 heteroatoms. The Kier molecular flexibility index (Phi) is 13.1. The third kappa shape index (κ3) is 9.70. The molecule has 0 unspecified atom stereocenters. The molecule has 9 nitrogen and oxygen atoms in total. The number of rotatable bonds is 15. The Morgan fingerprint density at radius 2 is 1.50 bits per heavy atom. The number of carbonyl (C=O) groups excluding carboxylic acids is 2. The molecule has 2 amide bonds. The molecule has 258 valence electrons. The molecule has 0 aromatic heterocycles. The van der Waals surface area contributed by atoms with Crippen molar-refractivity contribution in [1.29, 1.82) is 0 Å². The van der Waals surface area contributed by atoms with Gasteiger partial charge in [0.25, 0.3) is 11.8 Å². The number of fused-ring (bicyclic) bond motifs is 1. The SMILES string of the molecule is CCOP(=O)(OCC)Oc1c(C2CCN(CCCCNC(=O)c3ccc(NC(=O)c4ccc(Cl)cc4)cc3)CC2)ccc2c1CCCC2. The van der Waals surface area contributed by atoms with E-state index in [1.807, 2.05) is 0 Å². The van der Waals surface area contributed by atoms with Crippen LogP contribution in [-0.4, -0.2) is 56.1 Å². The van der Waals surface area contributed by atoms with Crippen LogP contribution in [0.2, 0.25) is 5.02 Å². The summed E-state index contributed by atoms with van der Waals surface area (Å²) in [5.41, 5.74) is 5.23. The molecule has 0 atom stereocenters. The molecule has 3 aromatic rings. The fourth-order valence-electron chi connectivity index (χ4n) is 6.50. The average molecular weight is 696 g/mol. The monoisotopic (exact) mass is 695 g/mol. The van der Waals surface area contributed by atoms with Gasteiger partial charge in [0, 0.05) is 28.4 Å². The van der Waals surface area contributed by atoms with Crippen LogP contribution in [0, 0.1) is 0 Å². The molecular formula is C37H47ClN3O6P. The number of unbranched alkanes of at least 4 members (excludes halogenated alkanes) is 1. The zero-order chi connectivity index (χ0) is 33.9. The summed E-state index contributed by atoms with van der Waals surface area (Å²) in [5, 5.41) is 6.41. The number of phosphoric acid groups is 1. The highest BCUT2D eigenvalue weighted by molar-refractivity contribution is 7.48. The maximum absolute atomic E-state index is 13.4. The minimum absolute atomic E-state index is 0.132. The van der Waals surface area contributed by atoms with Crippen LogP contribution in [0.5, 0.6) is 5.75 Å². The lowest BCUT2D eigenvalue weighted by atomic mass is 9.83. The topological polar surface area (TPSA) is 106 Å². The summed E-state index contributed by atoms with van der Waals surface area (Å²) in [6.07, 6.45) is 8.04. The van der Waals surface area contributed by atoms with Crippen molar-refractivity contribution in [3.8, 4) is 5.75 Å². The Balaban J connectivity index is 1.06. The van der Waals surface area contributed by atoms with Crippen molar-refractivity contribution < 1.29 is 27.7 Å². The van der Waals surface area contributed by atoms with Gasteiger partial charge in [-0.15, -0.1) is 0 Å². The van der Waals surface area contributed by atoms with Crippen molar-refractivity contribution in [3.63, 3.8) is 0 Å². The number of nitrogens with one attached hydrogen (secondary N) is 2. The van der Waals surface area contributed by atoms with E-state index in [-0.39, 0.29) is 25.0 Å². The van der Waals surface area contributed by atoms with Crippen molar-refractivity contribution in [2.45, 2.75) is 71.1 Å². The Morgan fingerprint density at radius 1 is 0.854 bits per heavy atom. The molecule has 0 bridgehead atoms. The second kappa shape index (κ2) is 17.5. The lowest BCUT2D eigenvalue weighted by molar-refractivity contribution is 0.0951. The number of nitrogens with zero attached hydrogens (tertiary/aromatic N) is 1. The Labute approximate surface area is 289 Å². The molecule has 2 aliphatic rings. The predicted molar refractivity (Wildman–Crippen MR) is 190 cm³/mol. The van der Waals surface area contributed by atoms with Gasteiger partial charge in [-0.1, -0.05) is 23.7 Å². The summed E-state index contributed by atoms with van der Waals surface area (Å²) in [6, 6.07) is 18.0. The van der Waals surface area contributed by atoms with Crippen LogP contribution in [0.15, 0.2) is 60.7 Å². The van der Waals surface area contributed by atoms with Crippen LogP contribution < -0.4 is 15.2 Å². The first-order chi connectivity index (χ1) is 23.3. The van der Waals surface area contributed by atoms with E-state index < -0.39 is 7.82 Å². The van der Waals surface area contributed by atoms with Gasteiger partial charge in [-0.25, -0.2) is 4.57 Å². The van der Waals surface area contributed by atoms with Gasteiger partial charge in [0.1, 0.15) is 5.75 Å². The van der Waals surface area contributed by atoms with Crippen molar-refractivity contribution in [2.24, 2.45) is 0 Å². The first-order valence-corrected chi connectivity index (χ1v) is 19.0. The molecule has 3 aromatic carbocycles. The van der Waals surface area contributed by atoms with E-state index in [1.54, 1.807) is 62.4 Å². The Hall–Kier alpha value is -3.20. The standard InChI is InChI=1S/C37H47ClN3O6P/c1-3-45-48(44,46-4-2)47-35-33-10-6-5-9-27(33)15-20-34(35)28-21-25-41(26-22-28)24-8-7-23-39-36(42)29-13-18-32(19-14-29)40-37(43)30-11-16-31(38)17-12-30/h11-20,28H,3-10,21-26H2,1-2H3,(H,39,42)(H,40,43). The second-order valence-electron chi connectivity index (χ2n) is 12.3. The second-order valence-corrected chi connectivity index (χ2v) is 14.3. The largest absolute Gasteiger partial charge is 0.530 e. The summed E-state index contributed by atoms with van der Waals surface area (Å²) in [5.74, 6) is 0.672. The highest BCUT2D eigenvalue weighted by atomic mass is 35.5. The highest BCUT2D eigenvalue weighted by Gasteiger charge is 2.33. The third-order valence-electron chi connectivity index (χ3n) is 9.01. The van der Waals surface area contributed by atoms with Crippen LogP contribution in [0.25, 0.3) is 0 Å². The Bertz CT molecular complexity index is 1570. The first kappa shape index (κ1) is 36.1. The molecule has 1 saturated heterocycles. The smallest absolute Gasteiger partial charge is 0.403 e. The van der Waals surface area contributed by atoms with Gasteiger partial charge in [0.2, 0.25) is 0 Å². The molecule has 48 heavy (non-hydrogen) atoms. The number of benzene rings is 3. The van der Waals surface area contributed by atoms with E-state index in [2.05, 4.69) is 27.7 Å². The molecule has 0 saturated carbocycles. The minimum atomic E-state index is -3.70. The highest BCUT2D eigenvalue weighted by Crippen LogP contribution is 2.53. The number of carbonyl (C=O) groups is 2. The maximum atomic E-state index is 13.4. The van der Waals surface area contributed by atoms with Crippen LogP contribution in [0.4, 0.5) is 5.69 Å². The van der Waals surface area contributed by atoms with Crippen LogP contribution in [-0.2, 0) is 26.5 Å². The average Bonchev–Trinajstić information content (AvgIpc) is 3.09. The number of hydrogen-bond acceptors (Lipinski definition) is 7. The molecule has 1 aliphatic carbocycles. The van der Waals surface area contributed by atoms with Crippen molar-refractivity contribution in [1.82, 2.24) is 10.2 Å². The maximum Gasteiger partial charge on any atom is 0.530 e. The number of piperidine rings is 1. The van der Waals surface area contributed by atoms with Gasteiger partial charge < -0.3 is 20.1 Å². The number of aryl methyl sites for hydroxylation is 1. The van der Waals surface area contributed by atoms with E-state index in [9.17, 15) is 14.2 Å². The summed E-state index contributed by atoms with van der Waals surface area (Å²) in [7, 11) is -3.70. The van der Waals surface area contributed by atoms with Gasteiger partial charge in [-0.2, -0.15) is 0 Å². The number of anilines is 1. The van der Waals surface area contributed by atoms with Gasteiger partial charge in [0.15, 0.2) is 0 Å². The molecule has 2 N–H and O–H groups in total. The third-order valence-corrected chi connectivity index (χ3v) is 10.8. The Morgan fingerprint density at radius 3 is 2.19 bits per heavy atom. The van der Waals surface area contributed by atoms with E-state index in [4.69, 9.17) is 25.2 Å². The molecule has 0 spiro atoms. The fraction of sp³-hybridized carbons (Fsp3) is 0.459. The number of halogens is 1. The van der Waals surface area contributed by atoms with Crippen molar-refractivity contribution in [2.75, 3.05) is 44.7 Å². The number of amides is 2. The van der Waals surface area contributed by atoms with E-state index in [1.165, 1.54) is 11.1 Å². The minimum Gasteiger partial charge on any atom is -0.403 e. The van der Waals surface area contributed by atoms with E-state index in [0.717, 1.165) is 82.3 Å². The van der Waals surface area contributed by atoms with Crippen LogP contribution in [0.1, 0.15) is 95.7 Å². The summed E-state index contributed by atoms with van der Waals surface area (Å²) >= 11 is 5.90. The summed E-state index contributed by atoms with van der Waals surface area (Å²) < 4.78 is 30.7. The predicted octanol–water partition coefficient (Wildman–Crippen LogP) is 8.42. The van der Waals surface area contributed by atoms with E-state index in [0.29, 0.717) is 34.3 Å². The lowest BCUT2D eigenvalue weighted by Gasteiger charge is -2.34. The van der Waals surface area contributed by atoms with Gasteiger partial charge in [-0.05, 0) is 156 Å². The zero-order valence-corrected chi connectivity index (χ0v) is 29.6. The molecule has 1 heterocycles. The van der Waals surface area contributed by atoms with Gasteiger partial charge in [0.05, 0.1) is 13.2 Å². The lowest BCUT2D eigenvalue weighted by Crippen LogP contribution is -2.34.